The van der Waals surface area contributed by atoms with E-state index in [0.717, 1.165) is 22.6 Å². The summed E-state index contributed by atoms with van der Waals surface area (Å²) < 4.78 is 1.79. The van der Waals surface area contributed by atoms with Gasteiger partial charge in [-0.1, -0.05) is 18.2 Å². The maximum atomic E-state index is 12.0. The minimum Gasteiger partial charge on any atom is -0.308 e. The molecule has 3 rings (SSSR count). The summed E-state index contributed by atoms with van der Waals surface area (Å²) in [4.78, 5) is 12.0. The molecule has 0 unspecified atom stereocenters. The van der Waals surface area contributed by atoms with Crippen molar-refractivity contribution in [3.8, 4) is 5.69 Å². The van der Waals surface area contributed by atoms with E-state index in [0.29, 0.717) is 0 Å². The van der Waals surface area contributed by atoms with Crippen LogP contribution in [0.2, 0.25) is 0 Å². The molecule has 0 spiro atoms. The Morgan fingerprint density at radius 1 is 1.00 bits per heavy atom. The van der Waals surface area contributed by atoms with E-state index in [1.54, 1.807) is 10.9 Å². The first-order valence-corrected chi connectivity index (χ1v) is 6.96. The Bertz CT molecular complexity index is 767. The zero-order valence-corrected chi connectivity index (χ0v) is 12.2. The number of carbonyl (C=O) groups excluding carboxylic acids is 1. The van der Waals surface area contributed by atoms with Crippen molar-refractivity contribution in [2.45, 2.75) is 6.92 Å². The van der Waals surface area contributed by atoms with Crippen LogP contribution in [0.25, 0.3) is 5.69 Å². The zero-order chi connectivity index (χ0) is 15.4. The summed E-state index contributed by atoms with van der Waals surface area (Å²) in [6, 6.07) is 16.6. The number of benzene rings is 2. The van der Waals surface area contributed by atoms with Crippen LogP contribution in [-0.4, -0.2) is 15.8 Å². The molecule has 0 aliphatic rings. The van der Waals surface area contributed by atoms with Crippen LogP contribution in [0.5, 0.6) is 0 Å². The second-order valence-electron chi connectivity index (χ2n) is 4.90. The van der Waals surface area contributed by atoms with Gasteiger partial charge >= 0.3 is 6.03 Å². The summed E-state index contributed by atoms with van der Waals surface area (Å²) in [5.74, 6) is 0. The Morgan fingerprint density at radius 2 is 1.77 bits per heavy atom. The molecule has 0 saturated carbocycles. The van der Waals surface area contributed by atoms with E-state index in [-0.39, 0.29) is 6.03 Å². The number of hydrogen-bond acceptors (Lipinski definition) is 2. The molecule has 0 saturated heterocycles. The van der Waals surface area contributed by atoms with Gasteiger partial charge in [-0.05, 0) is 48.9 Å². The molecule has 2 aromatic carbocycles. The predicted octanol–water partition coefficient (Wildman–Crippen LogP) is 3.82. The third-order valence-corrected chi connectivity index (χ3v) is 3.24. The van der Waals surface area contributed by atoms with Gasteiger partial charge in [0.05, 0.1) is 5.69 Å². The van der Waals surface area contributed by atoms with E-state index in [1.165, 1.54) is 0 Å². The third kappa shape index (κ3) is 3.15. The Morgan fingerprint density at radius 3 is 2.45 bits per heavy atom. The van der Waals surface area contributed by atoms with E-state index in [2.05, 4.69) is 15.7 Å². The first-order valence-electron chi connectivity index (χ1n) is 6.96. The lowest BCUT2D eigenvalue weighted by molar-refractivity contribution is 0.262. The summed E-state index contributed by atoms with van der Waals surface area (Å²) in [5.41, 5.74) is 3.51. The molecule has 5 heteroatoms. The fourth-order valence-corrected chi connectivity index (χ4v) is 2.22. The minimum absolute atomic E-state index is 0.266. The van der Waals surface area contributed by atoms with E-state index in [9.17, 15) is 4.79 Å². The molecule has 5 nitrogen and oxygen atoms in total. The molecule has 2 N–H and O–H groups in total. The van der Waals surface area contributed by atoms with Crippen molar-refractivity contribution < 1.29 is 4.79 Å². The number of para-hydroxylation sites is 1. The van der Waals surface area contributed by atoms with Crippen molar-refractivity contribution in [1.82, 2.24) is 9.78 Å². The Labute approximate surface area is 128 Å². The predicted molar refractivity (Wildman–Crippen MR) is 87.4 cm³/mol. The summed E-state index contributed by atoms with van der Waals surface area (Å²) in [5, 5.41) is 9.82. The van der Waals surface area contributed by atoms with Crippen molar-refractivity contribution in [3.05, 3.63) is 72.6 Å². The van der Waals surface area contributed by atoms with E-state index in [1.807, 2.05) is 67.7 Å². The molecule has 1 aromatic heterocycles. The van der Waals surface area contributed by atoms with E-state index in [4.69, 9.17) is 0 Å². The van der Waals surface area contributed by atoms with Crippen LogP contribution in [0.15, 0.2) is 67.0 Å². The minimum atomic E-state index is -0.266. The summed E-state index contributed by atoms with van der Waals surface area (Å²) >= 11 is 0. The van der Waals surface area contributed by atoms with Crippen LogP contribution >= 0.6 is 0 Å². The van der Waals surface area contributed by atoms with Crippen molar-refractivity contribution in [2.24, 2.45) is 0 Å². The number of anilines is 2. The van der Waals surface area contributed by atoms with Gasteiger partial charge in [0.25, 0.3) is 0 Å². The number of amides is 2. The van der Waals surface area contributed by atoms with Gasteiger partial charge in [-0.2, -0.15) is 5.10 Å². The van der Waals surface area contributed by atoms with Crippen molar-refractivity contribution in [1.29, 1.82) is 0 Å². The average molecular weight is 292 g/mol. The summed E-state index contributed by atoms with van der Waals surface area (Å²) in [6.07, 6.45) is 3.62. The van der Waals surface area contributed by atoms with Gasteiger partial charge in [-0.25, -0.2) is 9.48 Å². The number of aromatic nitrogens is 2. The highest BCUT2D eigenvalue weighted by Gasteiger charge is 2.06. The van der Waals surface area contributed by atoms with Crippen LogP contribution in [0.1, 0.15) is 5.56 Å². The van der Waals surface area contributed by atoms with Gasteiger partial charge in [0.2, 0.25) is 0 Å². The van der Waals surface area contributed by atoms with Crippen molar-refractivity contribution in [2.75, 3.05) is 10.6 Å². The molecule has 0 bridgehead atoms. The Balaban J connectivity index is 1.71. The Kier molecular flexibility index (Phi) is 3.87. The van der Waals surface area contributed by atoms with Crippen molar-refractivity contribution in [3.63, 3.8) is 0 Å². The topological polar surface area (TPSA) is 59.0 Å². The van der Waals surface area contributed by atoms with Gasteiger partial charge in [0.15, 0.2) is 0 Å². The van der Waals surface area contributed by atoms with Gasteiger partial charge in [-0.15, -0.1) is 0 Å². The van der Waals surface area contributed by atoms with Gasteiger partial charge < -0.3 is 10.6 Å². The second kappa shape index (κ2) is 6.13. The monoisotopic (exact) mass is 292 g/mol. The lowest BCUT2D eigenvalue weighted by Crippen LogP contribution is -2.19. The number of rotatable bonds is 3. The van der Waals surface area contributed by atoms with Gasteiger partial charge in [0.1, 0.15) is 0 Å². The number of nitrogens with zero attached hydrogens (tertiary/aromatic N) is 2. The SMILES string of the molecule is Cc1cc(NC(=O)Nc2ccccc2)ccc1-n1cccn1. The summed E-state index contributed by atoms with van der Waals surface area (Å²) in [7, 11) is 0. The lowest BCUT2D eigenvalue weighted by Gasteiger charge is -2.11. The molecule has 0 radical (unpaired) electrons. The highest BCUT2D eigenvalue weighted by atomic mass is 16.2. The standard InChI is InChI=1S/C17H16N4O/c1-13-12-15(8-9-16(13)21-11-5-10-18-21)20-17(22)19-14-6-3-2-4-7-14/h2-12H,1H3,(H2,19,20,22). The van der Waals surface area contributed by atoms with Crippen LogP contribution in [0.4, 0.5) is 16.2 Å². The maximum absolute atomic E-state index is 12.0. The van der Waals surface area contributed by atoms with Gasteiger partial charge in [-0.3, -0.25) is 0 Å². The summed E-state index contributed by atoms with van der Waals surface area (Å²) in [6.45, 7) is 1.98. The average Bonchev–Trinajstić information content (AvgIpc) is 3.02. The zero-order valence-electron chi connectivity index (χ0n) is 12.2. The molecule has 2 amide bonds. The molecule has 0 aliphatic carbocycles. The van der Waals surface area contributed by atoms with Crippen molar-refractivity contribution >= 4 is 17.4 Å². The number of aryl methyl sites for hydroxylation is 1. The van der Waals surface area contributed by atoms with Crippen LogP contribution in [0.3, 0.4) is 0 Å². The molecule has 3 aromatic rings. The first-order chi connectivity index (χ1) is 10.7. The van der Waals surface area contributed by atoms with Crippen LogP contribution < -0.4 is 10.6 Å². The molecular weight excluding hydrogens is 276 g/mol. The normalized spacial score (nSPS) is 10.2. The lowest BCUT2D eigenvalue weighted by atomic mass is 10.2. The van der Waals surface area contributed by atoms with Crippen LogP contribution in [-0.2, 0) is 0 Å². The molecule has 110 valence electrons. The largest absolute Gasteiger partial charge is 0.323 e. The fraction of sp³-hybridized carbons (Fsp3) is 0.0588. The Hall–Kier alpha value is -3.08. The number of carbonyl (C=O) groups is 1. The highest BCUT2D eigenvalue weighted by molar-refractivity contribution is 5.99. The molecule has 0 atom stereocenters. The number of urea groups is 1. The van der Waals surface area contributed by atoms with E-state index >= 15 is 0 Å². The number of nitrogens with one attached hydrogen (secondary N) is 2. The quantitative estimate of drug-likeness (QED) is 0.771. The molecule has 22 heavy (non-hydrogen) atoms. The molecule has 0 fully saturated rings. The fourth-order valence-electron chi connectivity index (χ4n) is 2.22. The van der Waals surface area contributed by atoms with Gasteiger partial charge in [0, 0.05) is 23.8 Å². The third-order valence-electron chi connectivity index (χ3n) is 3.24. The molecule has 1 heterocycles. The molecule has 0 aliphatic heterocycles. The van der Waals surface area contributed by atoms with E-state index < -0.39 is 0 Å². The maximum Gasteiger partial charge on any atom is 0.323 e. The second-order valence-corrected chi connectivity index (χ2v) is 4.90. The highest BCUT2D eigenvalue weighted by Crippen LogP contribution is 2.18. The smallest absolute Gasteiger partial charge is 0.308 e. The van der Waals surface area contributed by atoms with Crippen LogP contribution in [0, 0.1) is 6.92 Å². The molecular formula is C17H16N4O. The number of hydrogen-bond donors (Lipinski definition) is 2. The first kappa shape index (κ1) is 13.9.